The van der Waals surface area contributed by atoms with Crippen molar-refractivity contribution in [2.45, 2.75) is 12.5 Å². The topological polar surface area (TPSA) is 0 Å². The molecule has 0 radical (unpaired) electrons. The first kappa shape index (κ1) is 14.7. The summed E-state index contributed by atoms with van der Waals surface area (Å²) in [6.07, 6.45) is 0. The molecule has 0 heterocycles. The minimum absolute atomic E-state index is 0.140. The molecule has 1 atom stereocenters. The van der Waals surface area contributed by atoms with Gasteiger partial charge in [0, 0.05) is 5.54 Å². The van der Waals surface area contributed by atoms with Gasteiger partial charge in [0.05, 0.1) is 0 Å². The van der Waals surface area contributed by atoms with Gasteiger partial charge in [-0.1, -0.05) is 97.9 Å². The molecule has 0 saturated heterocycles. The number of benzene rings is 3. The van der Waals surface area contributed by atoms with Gasteiger partial charge in [-0.3, -0.25) is 0 Å². The Kier molecular flexibility index (Phi) is 4.21. The van der Waals surface area contributed by atoms with Crippen molar-refractivity contribution in [3.05, 3.63) is 96.6 Å². The van der Waals surface area contributed by atoms with E-state index in [2.05, 4.69) is 0 Å². The molecule has 2 heteroatoms. The zero-order valence-corrected chi connectivity index (χ0v) is 13.6. The van der Waals surface area contributed by atoms with Gasteiger partial charge < -0.3 is 4.11 Å². The number of rotatable bonds is 4. The summed E-state index contributed by atoms with van der Waals surface area (Å²) in [7, 11) is -3.35. The molecule has 0 nitrogen and oxygen atoms in total. The molecule has 0 aliphatic heterocycles. The Morgan fingerprint density at radius 1 is 0.636 bits per heavy atom. The van der Waals surface area contributed by atoms with Crippen molar-refractivity contribution in [2.24, 2.45) is 0 Å². The van der Waals surface area contributed by atoms with E-state index in [9.17, 15) is 0 Å². The summed E-state index contributed by atoms with van der Waals surface area (Å²) in [5.41, 5.74) is 0.919. The van der Waals surface area contributed by atoms with Crippen LogP contribution in [0.15, 0.2) is 91.0 Å². The summed E-state index contributed by atoms with van der Waals surface area (Å²) in [4.78, 5) is 0. The van der Waals surface area contributed by atoms with Crippen molar-refractivity contribution in [1.29, 1.82) is 0 Å². The zero-order valence-electron chi connectivity index (χ0n) is 12.6. The van der Waals surface area contributed by atoms with Gasteiger partial charge >= 0.3 is 8.41 Å². The lowest BCUT2D eigenvalue weighted by atomic mass is 10.2. The van der Waals surface area contributed by atoms with Crippen molar-refractivity contribution >= 4 is 18.8 Å². The largest absolute Gasteiger partial charge is 0.315 e. The highest BCUT2D eigenvalue weighted by molar-refractivity contribution is 6.97. The average molecular weight is 306 g/mol. The minimum Gasteiger partial charge on any atom is -0.301 e. The van der Waals surface area contributed by atoms with E-state index in [1.54, 1.807) is 0 Å². The maximum absolute atomic E-state index is 16.5. The molecule has 110 valence electrons. The van der Waals surface area contributed by atoms with Crippen LogP contribution in [0.25, 0.3) is 0 Å². The zero-order chi connectivity index (χ0) is 15.4. The van der Waals surface area contributed by atoms with Crippen LogP contribution >= 0.6 is 0 Å². The molecule has 0 aliphatic rings. The molecule has 0 amide bonds. The molecule has 3 aromatic rings. The first-order chi connectivity index (χ1) is 10.7. The van der Waals surface area contributed by atoms with Gasteiger partial charge in [-0.05, 0) is 15.9 Å². The van der Waals surface area contributed by atoms with Crippen LogP contribution in [0.5, 0.6) is 0 Å². The summed E-state index contributed by atoms with van der Waals surface area (Å²) in [6.45, 7) is 2.02. The van der Waals surface area contributed by atoms with E-state index < -0.39 is 8.41 Å². The van der Waals surface area contributed by atoms with Crippen LogP contribution in [-0.4, -0.2) is 8.41 Å². The average Bonchev–Trinajstić information content (AvgIpc) is 2.62. The van der Waals surface area contributed by atoms with E-state index >= 15 is 4.11 Å². The van der Waals surface area contributed by atoms with Gasteiger partial charge in [-0.2, -0.15) is 0 Å². The lowest BCUT2D eigenvalue weighted by Gasteiger charge is -2.30. The number of halogens is 1. The number of hydrogen-bond donors (Lipinski definition) is 0. The van der Waals surface area contributed by atoms with Gasteiger partial charge in [-0.15, -0.1) is 0 Å². The lowest BCUT2D eigenvalue weighted by molar-refractivity contribution is 0.769. The standard InChI is InChI=1S/C20H19FSi/c1-17(18-11-5-2-6-12-18)22(21,19-13-7-3-8-14-19)20-15-9-4-10-16-20/h2-17H,1H3. The fraction of sp³-hybridized carbons (Fsp3) is 0.100. The molecule has 0 spiro atoms. The lowest BCUT2D eigenvalue weighted by Crippen LogP contribution is -2.58. The summed E-state index contributed by atoms with van der Waals surface area (Å²) < 4.78 is 16.5. The molecule has 3 aromatic carbocycles. The van der Waals surface area contributed by atoms with Gasteiger partial charge in [0.2, 0.25) is 0 Å². The van der Waals surface area contributed by atoms with Crippen LogP contribution < -0.4 is 10.4 Å². The van der Waals surface area contributed by atoms with E-state index in [1.165, 1.54) is 0 Å². The van der Waals surface area contributed by atoms with Crippen molar-refractivity contribution in [2.75, 3.05) is 0 Å². The minimum atomic E-state index is -3.35. The second-order valence-electron chi connectivity index (χ2n) is 5.58. The molecular weight excluding hydrogens is 287 g/mol. The number of hydrogen-bond acceptors (Lipinski definition) is 0. The van der Waals surface area contributed by atoms with E-state index in [-0.39, 0.29) is 5.54 Å². The van der Waals surface area contributed by atoms with Crippen LogP contribution in [-0.2, 0) is 0 Å². The highest BCUT2D eigenvalue weighted by Crippen LogP contribution is 2.27. The Labute approximate surface area is 132 Å². The van der Waals surface area contributed by atoms with Crippen molar-refractivity contribution in [3.8, 4) is 0 Å². The van der Waals surface area contributed by atoms with Gasteiger partial charge in [0.1, 0.15) is 0 Å². The highest BCUT2D eigenvalue weighted by Gasteiger charge is 2.45. The summed E-state index contributed by atoms with van der Waals surface area (Å²) >= 11 is 0. The third kappa shape index (κ3) is 2.62. The maximum Gasteiger partial charge on any atom is 0.315 e. The molecule has 3 rings (SSSR count). The van der Waals surface area contributed by atoms with Gasteiger partial charge in [0.25, 0.3) is 0 Å². The van der Waals surface area contributed by atoms with Crippen LogP contribution in [0.4, 0.5) is 4.11 Å². The fourth-order valence-electron chi connectivity index (χ4n) is 3.00. The first-order valence-corrected chi connectivity index (χ1v) is 9.53. The summed E-state index contributed by atoms with van der Waals surface area (Å²) in [5.74, 6) is 0. The van der Waals surface area contributed by atoms with Crippen molar-refractivity contribution in [3.63, 3.8) is 0 Å². The maximum atomic E-state index is 16.5. The Hall–Kier alpha value is -2.19. The van der Waals surface area contributed by atoms with E-state index in [0.29, 0.717) is 0 Å². The second-order valence-corrected chi connectivity index (χ2v) is 9.02. The molecular formula is C20H19FSi. The molecule has 0 aromatic heterocycles. The normalized spacial score (nSPS) is 12.8. The predicted octanol–water partition coefficient (Wildman–Crippen LogP) is 4.06. The Balaban J connectivity index is 2.16. The highest BCUT2D eigenvalue weighted by atomic mass is 28.4. The quantitative estimate of drug-likeness (QED) is 0.504. The van der Waals surface area contributed by atoms with Crippen LogP contribution in [0.2, 0.25) is 0 Å². The smallest absolute Gasteiger partial charge is 0.301 e. The molecule has 0 fully saturated rings. The summed E-state index contributed by atoms with van der Waals surface area (Å²) in [5, 5.41) is 1.66. The Bertz CT molecular complexity index is 671. The molecule has 22 heavy (non-hydrogen) atoms. The molecule has 0 saturated carbocycles. The fourth-order valence-corrected chi connectivity index (χ4v) is 6.34. The molecule has 0 N–H and O–H groups in total. The van der Waals surface area contributed by atoms with Gasteiger partial charge in [-0.25, -0.2) is 0 Å². The SMILES string of the molecule is CC(c1ccccc1)[Si](F)(c1ccccc1)c1ccccc1. The third-order valence-electron chi connectivity index (χ3n) is 4.28. The molecule has 0 bridgehead atoms. The monoisotopic (exact) mass is 306 g/mol. The third-order valence-corrected chi connectivity index (χ3v) is 8.16. The van der Waals surface area contributed by atoms with Crippen molar-refractivity contribution < 1.29 is 4.11 Å². The van der Waals surface area contributed by atoms with E-state index in [0.717, 1.165) is 15.9 Å². The summed E-state index contributed by atoms with van der Waals surface area (Å²) in [6, 6.07) is 29.3. The Morgan fingerprint density at radius 3 is 1.41 bits per heavy atom. The van der Waals surface area contributed by atoms with Crippen LogP contribution in [0.1, 0.15) is 18.0 Å². The second kappa shape index (κ2) is 6.28. The molecule has 1 unspecified atom stereocenters. The van der Waals surface area contributed by atoms with Crippen LogP contribution in [0, 0.1) is 0 Å². The molecule has 0 aliphatic carbocycles. The van der Waals surface area contributed by atoms with Crippen LogP contribution in [0.3, 0.4) is 0 Å². The Morgan fingerprint density at radius 2 is 1.00 bits per heavy atom. The first-order valence-electron chi connectivity index (χ1n) is 7.58. The van der Waals surface area contributed by atoms with E-state index in [4.69, 9.17) is 0 Å². The van der Waals surface area contributed by atoms with E-state index in [1.807, 2.05) is 97.9 Å². The van der Waals surface area contributed by atoms with Crippen molar-refractivity contribution in [1.82, 2.24) is 0 Å². The van der Waals surface area contributed by atoms with Gasteiger partial charge in [0.15, 0.2) is 0 Å². The predicted molar refractivity (Wildman–Crippen MR) is 93.9 cm³/mol.